The minimum absolute atomic E-state index is 0.00627. The molecule has 0 saturated carbocycles. The van der Waals surface area contributed by atoms with Gasteiger partial charge in [-0.1, -0.05) is 29.8 Å². The fourth-order valence-corrected chi connectivity index (χ4v) is 4.99. The van der Waals surface area contributed by atoms with Gasteiger partial charge < -0.3 is 9.64 Å². The molecule has 0 aliphatic carbocycles. The minimum atomic E-state index is -3.78. The van der Waals surface area contributed by atoms with E-state index in [9.17, 15) is 18.5 Å². The van der Waals surface area contributed by atoms with E-state index in [2.05, 4.69) is 0 Å². The third kappa shape index (κ3) is 4.42. The van der Waals surface area contributed by atoms with Gasteiger partial charge in [0.1, 0.15) is 11.8 Å². The minimum Gasteiger partial charge on any atom is -0.496 e. The van der Waals surface area contributed by atoms with Gasteiger partial charge in [0, 0.05) is 31.7 Å². The highest BCUT2D eigenvalue weighted by atomic mass is 32.2. The summed E-state index contributed by atoms with van der Waals surface area (Å²) in [5, 5.41) is 9.20. The Hall–Kier alpha value is -2.89. The summed E-state index contributed by atoms with van der Waals surface area (Å²) >= 11 is 0. The van der Waals surface area contributed by atoms with Crippen LogP contribution in [0.3, 0.4) is 0 Å². The van der Waals surface area contributed by atoms with E-state index < -0.39 is 10.0 Å². The zero-order valence-electron chi connectivity index (χ0n) is 16.5. The quantitative estimate of drug-likeness (QED) is 0.747. The number of rotatable bonds is 5. The first kappa shape index (κ1) is 20.8. The van der Waals surface area contributed by atoms with E-state index in [4.69, 9.17) is 4.74 Å². The van der Waals surface area contributed by atoms with Crippen LogP contribution >= 0.6 is 0 Å². The van der Waals surface area contributed by atoms with Crippen LogP contribution in [0.4, 0.5) is 0 Å². The van der Waals surface area contributed by atoms with E-state index in [0.717, 1.165) is 11.1 Å². The zero-order valence-corrected chi connectivity index (χ0v) is 17.3. The Bertz CT molecular complexity index is 1050. The largest absolute Gasteiger partial charge is 0.496 e. The van der Waals surface area contributed by atoms with Crippen molar-refractivity contribution in [1.82, 2.24) is 9.21 Å². The molecule has 1 fully saturated rings. The Kier molecular flexibility index (Phi) is 6.20. The number of aryl methyl sites for hydroxylation is 1. The average Bonchev–Trinajstić information content (AvgIpc) is 2.74. The van der Waals surface area contributed by atoms with Gasteiger partial charge in [0.05, 0.1) is 24.0 Å². The molecule has 3 rings (SSSR count). The molecule has 1 aliphatic rings. The lowest BCUT2D eigenvalue weighted by molar-refractivity contribution is -0.131. The van der Waals surface area contributed by atoms with E-state index in [1.165, 1.54) is 16.4 Å². The van der Waals surface area contributed by atoms with Gasteiger partial charge in [0.2, 0.25) is 15.9 Å². The van der Waals surface area contributed by atoms with Gasteiger partial charge in [-0.2, -0.15) is 9.57 Å². The van der Waals surface area contributed by atoms with Crippen molar-refractivity contribution in [2.75, 3.05) is 33.3 Å². The fourth-order valence-electron chi connectivity index (χ4n) is 3.42. The standard InChI is InChI=1S/C21H23N3O4S/c1-16-7-8-19(28-2)18(13-16)14-21(25)23-9-11-24(12-10-23)29(26,27)20-6-4-3-5-17(20)15-22/h3-8,13H,9-12,14H2,1-2H3. The topological polar surface area (TPSA) is 90.7 Å². The molecule has 0 spiro atoms. The van der Waals surface area contributed by atoms with Crippen LogP contribution in [0.15, 0.2) is 47.4 Å². The van der Waals surface area contributed by atoms with Gasteiger partial charge in [-0.25, -0.2) is 8.42 Å². The molecular weight excluding hydrogens is 390 g/mol. The highest BCUT2D eigenvalue weighted by Crippen LogP contribution is 2.23. The van der Waals surface area contributed by atoms with Crippen LogP contribution in [0.1, 0.15) is 16.7 Å². The van der Waals surface area contributed by atoms with Crippen molar-refractivity contribution in [2.45, 2.75) is 18.2 Å². The Balaban J connectivity index is 1.68. The number of piperazine rings is 1. The first-order valence-electron chi connectivity index (χ1n) is 9.27. The summed E-state index contributed by atoms with van der Waals surface area (Å²) in [6.07, 6.45) is 0.203. The molecule has 7 nitrogen and oxygen atoms in total. The number of ether oxygens (including phenoxy) is 1. The lowest BCUT2D eigenvalue weighted by Gasteiger charge is -2.34. The predicted octanol–water partition coefficient (Wildman–Crippen LogP) is 1.95. The number of carbonyl (C=O) groups is 1. The second-order valence-corrected chi connectivity index (χ2v) is 8.79. The maximum atomic E-state index is 12.9. The number of nitriles is 1. The van der Waals surface area contributed by atoms with E-state index in [0.29, 0.717) is 18.8 Å². The van der Waals surface area contributed by atoms with Crippen LogP contribution in [-0.4, -0.2) is 56.8 Å². The zero-order chi connectivity index (χ0) is 21.0. The monoisotopic (exact) mass is 413 g/mol. The van der Waals surface area contributed by atoms with Gasteiger partial charge >= 0.3 is 0 Å². The number of carbonyl (C=O) groups excluding carboxylic acids is 1. The van der Waals surface area contributed by atoms with Crippen molar-refractivity contribution < 1.29 is 17.9 Å². The molecule has 0 aromatic heterocycles. The second-order valence-electron chi connectivity index (χ2n) is 6.88. The summed E-state index contributed by atoms with van der Waals surface area (Å²) in [6, 6.07) is 13.8. The number of methoxy groups -OCH3 is 1. The van der Waals surface area contributed by atoms with Crippen LogP contribution < -0.4 is 4.74 Å². The van der Waals surface area contributed by atoms with Crippen molar-refractivity contribution >= 4 is 15.9 Å². The molecule has 1 saturated heterocycles. The molecule has 2 aromatic rings. The van der Waals surface area contributed by atoms with Crippen LogP contribution in [0, 0.1) is 18.3 Å². The maximum Gasteiger partial charge on any atom is 0.244 e. The third-order valence-electron chi connectivity index (χ3n) is 4.99. The lowest BCUT2D eigenvalue weighted by Crippen LogP contribution is -2.51. The van der Waals surface area contributed by atoms with Crippen LogP contribution in [0.2, 0.25) is 0 Å². The van der Waals surface area contributed by atoms with Crippen molar-refractivity contribution in [3.05, 3.63) is 59.2 Å². The molecule has 1 amide bonds. The Morgan fingerprint density at radius 3 is 2.48 bits per heavy atom. The van der Waals surface area contributed by atoms with E-state index in [-0.39, 0.29) is 35.9 Å². The van der Waals surface area contributed by atoms with E-state index >= 15 is 0 Å². The summed E-state index contributed by atoms with van der Waals surface area (Å²) in [4.78, 5) is 14.4. The van der Waals surface area contributed by atoms with Crippen LogP contribution in [0.5, 0.6) is 5.75 Å². The Morgan fingerprint density at radius 2 is 1.83 bits per heavy atom. The molecule has 1 aliphatic heterocycles. The van der Waals surface area contributed by atoms with Crippen LogP contribution in [0.25, 0.3) is 0 Å². The van der Waals surface area contributed by atoms with Gasteiger partial charge in [-0.3, -0.25) is 4.79 Å². The van der Waals surface area contributed by atoms with Crippen molar-refractivity contribution in [2.24, 2.45) is 0 Å². The number of hydrogen-bond acceptors (Lipinski definition) is 5. The molecule has 29 heavy (non-hydrogen) atoms. The molecule has 0 bridgehead atoms. The summed E-state index contributed by atoms with van der Waals surface area (Å²) < 4.78 is 32.5. The van der Waals surface area contributed by atoms with Gasteiger partial charge in [-0.15, -0.1) is 0 Å². The molecule has 8 heteroatoms. The summed E-state index contributed by atoms with van der Waals surface area (Å²) in [7, 11) is -2.21. The number of nitrogens with zero attached hydrogens (tertiary/aromatic N) is 3. The van der Waals surface area contributed by atoms with Crippen LogP contribution in [-0.2, 0) is 21.2 Å². The number of benzene rings is 2. The van der Waals surface area contributed by atoms with Crippen molar-refractivity contribution in [3.8, 4) is 11.8 Å². The Labute approximate surface area is 171 Å². The molecule has 0 atom stereocenters. The molecule has 1 heterocycles. The first-order chi connectivity index (χ1) is 13.9. The third-order valence-corrected chi connectivity index (χ3v) is 6.95. The second kappa shape index (κ2) is 8.64. The summed E-state index contributed by atoms with van der Waals surface area (Å²) in [6.45, 7) is 2.95. The molecule has 0 radical (unpaired) electrons. The SMILES string of the molecule is COc1ccc(C)cc1CC(=O)N1CCN(S(=O)(=O)c2ccccc2C#N)CC1. The molecule has 0 unspecified atom stereocenters. The smallest absolute Gasteiger partial charge is 0.244 e. The maximum absolute atomic E-state index is 12.9. The van der Waals surface area contributed by atoms with E-state index in [1.54, 1.807) is 24.1 Å². The number of amides is 1. The first-order valence-corrected chi connectivity index (χ1v) is 10.7. The number of hydrogen-bond donors (Lipinski definition) is 0. The lowest BCUT2D eigenvalue weighted by atomic mass is 10.1. The summed E-state index contributed by atoms with van der Waals surface area (Å²) in [5.74, 6) is 0.599. The molecular formula is C21H23N3O4S. The normalized spacial score (nSPS) is 15.0. The van der Waals surface area contributed by atoms with Crippen molar-refractivity contribution in [3.63, 3.8) is 0 Å². The van der Waals surface area contributed by atoms with Gasteiger partial charge in [0.25, 0.3) is 0 Å². The number of sulfonamides is 1. The molecule has 2 aromatic carbocycles. The fraction of sp³-hybridized carbons (Fsp3) is 0.333. The van der Waals surface area contributed by atoms with Gasteiger partial charge in [-0.05, 0) is 25.1 Å². The Morgan fingerprint density at radius 1 is 1.14 bits per heavy atom. The summed E-state index contributed by atoms with van der Waals surface area (Å²) in [5.41, 5.74) is 1.98. The average molecular weight is 413 g/mol. The highest BCUT2D eigenvalue weighted by Gasteiger charge is 2.31. The predicted molar refractivity (Wildman–Crippen MR) is 108 cm³/mol. The highest BCUT2D eigenvalue weighted by molar-refractivity contribution is 7.89. The van der Waals surface area contributed by atoms with Crippen molar-refractivity contribution in [1.29, 1.82) is 5.26 Å². The molecule has 0 N–H and O–H groups in total. The molecule has 152 valence electrons. The van der Waals surface area contributed by atoms with Gasteiger partial charge in [0.15, 0.2) is 0 Å². The van der Waals surface area contributed by atoms with E-state index in [1.807, 2.05) is 31.2 Å².